The lowest BCUT2D eigenvalue weighted by Gasteiger charge is -2.37. The maximum atomic E-state index is 6.69. The van der Waals surface area contributed by atoms with Crippen molar-refractivity contribution in [1.29, 1.82) is 0 Å². The summed E-state index contributed by atoms with van der Waals surface area (Å²) in [6, 6.07) is 38.9. The molecule has 3 aromatic carbocycles. The van der Waals surface area contributed by atoms with Crippen molar-refractivity contribution in [3.05, 3.63) is 178 Å². The van der Waals surface area contributed by atoms with Gasteiger partial charge in [-0.3, -0.25) is 19.9 Å². The number of nitrogens with zero attached hydrogens (tertiary/aromatic N) is 4. The van der Waals surface area contributed by atoms with Crippen LogP contribution in [-0.2, 0) is 43.2 Å². The van der Waals surface area contributed by atoms with Gasteiger partial charge in [-0.25, -0.2) is 0 Å². The quantitative estimate of drug-likeness (QED) is 0.163. The van der Waals surface area contributed by atoms with Gasteiger partial charge in [0.25, 0.3) is 0 Å². The maximum Gasteiger partial charge on any atom is 0.151 e. The van der Waals surface area contributed by atoms with Crippen LogP contribution in [0.25, 0.3) is 0 Å². The predicted molar refractivity (Wildman–Crippen MR) is 179 cm³/mol. The number of fused-ring (bicyclic) bond motifs is 6. The minimum atomic E-state index is -0.724. The van der Waals surface area contributed by atoms with E-state index < -0.39 is 5.60 Å². The molecule has 6 aromatic rings. The van der Waals surface area contributed by atoms with Crippen LogP contribution in [0.15, 0.2) is 128 Å². The Morgan fingerprint density at radius 1 is 0.660 bits per heavy atom. The Morgan fingerprint density at radius 3 is 2.09 bits per heavy atom. The minimum absolute atomic E-state index is 0.327. The van der Waals surface area contributed by atoms with Gasteiger partial charge < -0.3 is 14.2 Å². The second-order valence-corrected chi connectivity index (χ2v) is 12.1. The van der Waals surface area contributed by atoms with Crippen molar-refractivity contribution in [2.45, 2.75) is 45.4 Å². The molecule has 0 N–H and O–H groups in total. The van der Waals surface area contributed by atoms with Gasteiger partial charge in [-0.15, -0.1) is 0 Å². The molecule has 5 heterocycles. The lowest BCUT2D eigenvalue weighted by atomic mass is 9.77. The number of rotatable bonds is 9. The summed E-state index contributed by atoms with van der Waals surface area (Å²) in [6.45, 7) is 4.97. The van der Waals surface area contributed by atoms with E-state index in [9.17, 15) is 0 Å². The van der Waals surface area contributed by atoms with Gasteiger partial charge in [0.2, 0.25) is 0 Å². The van der Waals surface area contributed by atoms with Crippen LogP contribution in [0, 0.1) is 6.92 Å². The van der Waals surface area contributed by atoms with Crippen molar-refractivity contribution < 1.29 is 14.2 Å². The van der Waals surface area contributed by atoms with Crippen LogP contribution >= 0.6 is 0 Å². The van der Waals surface area contributed by atoms with Crippen LogP contribution in [0.5, 0.6) is 17.2 Å². The van der Waals surface area contributed by atoms with Crippen molar-refractivity contribution in [3.8, 4) is 17.2 Å². The molecule has 0 saturated heterocycles. The van der Waals surface area contributed by atoms with Crippen molar-refractivity contribution in [2.24, 2.45) is 0 Å². The van der Waals surface area contributed by atoms with Gasteiger partial charge in [-0.1, -0.05) is 54.6 Å². The molecule has 0 radical (unpaired) electrons. The number of hydrogen-bond acceptors (Lipinski definition) is 7. The molecule has 7 nitrogen and oxygen atoms in total. The van der Waals surface area contributed by atoms with Crippen LogP contribution in [0.2, 0.25) is 0 Å². The Balaban J connectivity index is 1.03. The fourth-order valence-electron chi connectivity index (χ4n) is 6.63. The van der Waals surface area contributed by atoms with E-state index >= 15 is 0 Å². The van der Waals surface area contributed by atoms with Crippen molar-refractivity contribution in [3.63, 3.8) is 0 Å². The summed E-state index contributed by atoms with van der Waals surface area (Å²) in [5.41, 5.74) is 8.57. The van der Waals surface area contributed by atoms with Crippen LogP contribution in [0.1, 0.15) is 50.6 Å². The van der Waals surface area contributed by atoms with Gasteiger partial charge in [-0.2, -0.15) is 0 Å². The van der Waals surface area contributed by atoms with E-state index in [-0.39, 0.29) is 0 Å². The van der Waals surface area contributed by atoms with Crippen LogP contribution in [0.4, 0.5) is 0 Å². The predicted octanol–water partition coefficient (Wildman–Crippen LogP) is 7.89. The zero-order valence-corrected chi connectivity index (χ0v) is 26.2. The van der Waals surface area contributed by atoms with Crippen LogP contribution in [0.3, 0.4) is 0 Å². The van der Waals surface area contributed by atoms with Gasteiger partial charge >= 0.3 is 0 Å². The van der Waals surface area contributed by atoms with E-state index in [0.717, 1.165) is 56.5 Å². The van der Waals surface area contributed by atoms with E-state index in [1.165, 1.54) is 5.56 Å². The summed E-state index contributed by atoms with van der Waals surface area (Å²) in [6.07, 6.45) is 3.66. The number of pyridine rings is 3. The second kappa shape index (κ2) is 12.4. The Morgan fingerprint density at radius 2 is 1.32 bits per heavy atom. The third-order valence-electron chi connectivity index (χ3n) is 8.77. The molecule has 232 valence electrons. The molecule has 0 amide bonds. The lowest BCUT2D eigenvalue weighted by Crippen LogP contribution is -2.32. The second-order valence-electron chi connectivity index (χ2n) is 12.1. The third-order valence-corrected chi connectivity index (χ3v) is 8.77. The normalized spacial score (nSPS) is 16.0. The molecule has 0 aliphatic carbocycles. The molecule has 2 aliphatic heterocycles. The molecular weight excluding hydrogens is 584 g/mol. The SMILES string of the molecule is Cc1ccc2c(c1)Oc1cc(OCc3cccc(CN(Cc4ccccn4)Cc4ccccn4)n3)ccc1C21OCc2ccccc21. The Kier molecular flexibility index (Phi) is 7.69. The topological polar surface area (TPSA) is 69.6 Å². The average molecular weight is 619 g/mol. The van der Waals surface area contributed by atoms with Gasteiger partial charge in [0, 0.05) is 49.2 Å². The Labute approximate surface area is 274 Å². The molecule has 1 unspecified atom stereocenters. The first kappa shape index (κ1) is 29.1. The summed E-state index contributed by atoms with van der Waals surface area (Å²) in [7, 11) is 0. The average Bonchev–Trinajstić information content (AvgIpc) is 3.48. The molecule has 7 heteroatoms. The fourth-order valence-corrected chi connectivity index (χ4v) is 6.63. The van der Waals surface area contributed by atoms with Gasteiger partial charge in [-0.05, 0) is 78.2 Å². The highest BCUT2D eigenvalue weighted by molar-refractivity contribution is 5.65. The van der Waals surface area contributed by atoms with E-state index in [1.54, 1.807) is 0 Å². The number of hydrogen-bond donors (Lipinski definition) is 0. The smallest absolute Gasteiger partial charge is 0.151 e. The summed E-state index contributed by atoms with van der Waals surface area (Å²) in [4.78, 5) is 16.4. The van der Waals surface area contributed by atoms with E-state index in [1.807, 2.05) is 73.1 Å². The van der Waals surface area contributed by atoms with Gasteiger partial charge in [0.1, 0.15) is 23.9 Å². The van der Waals surface area contributed by atoms with E-state index in [0.29, 0.717) is 38.6 Å². The number of benzene rings is 3. The molecule has 3 aromatic heterocycles. The fraction of sp³-hybridized carbons (Fsp3) is 0.175. The molecule has 47 heavy (non-hydrogen) atoms. The van der Waals surface area contributed by atoms with Crippen molar-refractivity contribution in [1.82, 2.24) is 19.9 Å². The zero-order chi connectivity index (χ0) is 31.6. The van der Waals surface area contributed by atoms with E-state index in [4.69, 9.17) is 19.2 Å². The summed E-state index contributed by atoms with van der Waals surface area (Å²) < 4.78 is 19.5. The van der Waals surface area contributed by atoms with Crippen molar-refractivity contribution >= 4 is 0 Å². The molecular formula is C40H34N4O3. The monoisotopic (exact) mass is 618 g/mol. The number of ether oxygens (including phenoxy) is 3. The zero-order valence-electron chi connectivity index (χ0n) is 26.2. The largest absolute Gasteiger partial charge is 0.487 e. The first-order valence-corrected chi connectivity index (χ1v) is 15.9. The number of aromatic nitrogens is 3. The summed E-state index contributed by atoms with van der Waals surface area (Å²) in [5, 5.41) is 0. The first-order valence-electron chi connectivity index (χ1n) is 15.9. The first-order chi connectivity index (χ1) is 23.1. The van der Waals surface area contributed by atoms with Crippen LogP contribution < -0.4 is 9.47 Å². The van der Waals surface area contributed by atoms with Crippen LogP contribution in [-0.4, -0.2) is 19.9 Å². The standard InChI is InChI=1S/C40H34N4O3/c1-28-15-17-36-38(21-28)47-39-22-34(16-18-37(39)40(36)35-14-3-2-9-29(35)26-46-40)45-27-33-13-8-12-32(43-33)25-44(23-30-10-4-6-19-41-30)24-31-11-5-7-20-42-31/h2-22H,23-27H2,1H3. The Hall–Kier alpha value is -5.37. The minimum Gasteiger partial charge on any atom is -0.487 e. The molecule has 0 bridgehead atoms. The van der Waals surface area contributed by atoms with Gasteiger partial charge in [0.05, 0.1) is 29.4 Å². The maximum absolute atomic E-state index is 6.69. The van der Waals surface area contributed by atoms with E-state index in [2.05, 4.69) is 76.4 Å². The highest BCUT2D eigenvalue weighted by Gasteiger charge is 2.49. The summed E-state index contributed by atoms with van der Waals surface area (Å²) >= 11 is 0. The highest BCUT2D eigenvalue weighted by Crippen LogP contribution is 2.56. The van der Waals surface area contributed by atoms with Gasteiger partial charge in [0.15, 0.2) is 5.60 Å². The lowest BCUT2D eigenvalue weighted by molar-refractivity contribution is 0.0199. The summed E-state index contributed by atoms with van der Waals surface area (Å²) in [5.74, 6) is 2.25. The molecule has 8 rings (SSSR count). The molecule has 1 atom stereocenters. The molecule has 0 saturated carbocycles. The third kappa shape index (κ3) is 5.76. The molecule has 0 fully saturated rings. The Bertz CT molecular complexity index is 1990. The van der Waals surface area contributed by atoms with Crippen molar-refractivity contribution in [2.75, 3.05) is 0 Å². The molecule has 1 spiro atoms. The molecule has 2 aliphatic rings. The number of aryl methyl sites for hydroxylation is 1. The highest BCUT2D eigenvalue weighted by atomic mass is 16.5.